The second-order valence-electron chi connectivity index (χ2n) is 5.65. The van der Waals surface area contributed by atoms with Gasteiger partial charge in [0.1, 0.15) is 17.3 Å². The summed E-state index contributed by atoms with van der Waals surface area (Å²) in [6.07, 6.45) is 1.26. The van der Waals surface area contributed by atoms with E-state index < -0.39 is 29.1 Å². The molecule has 1 saturated heterocycles. The number of anilines is 1. The van der Waals surface area contributed by atoms with Gasteiger partial charge in [-0.3, -0.25) is 9.59 Å². The van der Waals surface area contributed by atoms with E-state index >= 15 is 0 Å². The number of halogens is 2. The van der Waals surface area contributed by atoms with Crippen molar-refractivity contribution in [3.05, 3.63) is 52.2 Å². The maximum absolute atomic E-state index is 13.7. The number of carbonyl (C=O) groups excluding carboxylic acids is 2. The Kier molecular flexibility index (Phi) is 4.89. The van der Waals surface area contributed by atoms with E-state index in [4.69, 9.17) is 0 Å². The van der Waals surface area contributed by atoms with Crippen LogP contribution >= 0.6 is 11.3 Å². The lowest BCUT2D eigenvalue weighted by molar-refractivity contribution is -0.121. The molecular weight excluding hydrogens is 334 g/mol. The van der Waals surface area contributed by atoms with Crippen molar-refractivity contribution in [1.29, 1.82) is 0 Å². The Hall–Kier alpha value is -2.28. The molecular formula is C17H16F2N2O2S. The molecule has 2 aromatic rings. The molecule has 1 fully saturated rings. The van der Waals surface area contributed by atoms with Crippen molar-refractivity contribution in [3.63, 3.8) is 0 Å². The highest BCUT2D eigenvalue weighted by Gasteiger charge is 2.30. The number of para-hydroxylation sites is 1. The van der Waals surface area contributed by atoms with Gasteiger partial charge >= 0.3 is 0 Å². The van der Waals surface area contributed by atoms with E-state index in [1.54, 1.807) is 17.0 Å². The maximum Gasteiger partial charge on any atom is 0.263 e. The highest BCUT2D eigenvalue weighted by atomic mass is 32.1. The number of benzene rings is 1. The van der Waals surface area contributed by atoms with Crippen LogP contribution in [0.4, 0.5) is 14.5 Å². The molecule has 1 aromatic heterocycles. The molecule has 2 amide bonds. The fraction of sp³-hybridized carbons (Fsp3) is 0.294. The summed E-state index contributed by atoms with van der Waals surface area (Å²) in [5, 5.41) is 4.14. The minimum absolute atomic E-state index is 0.112. The van der Waals surface area contributed by atoms with E-state index in [1.807, 2.05) is 5.38 Å². The molecule has 0 spiro atoms. The van der Waals surface area contributed by atoms with Gasteiger partial charge in [-0.2, -0.15) is 0 Å². The molecule has 3 rings (SSSR count). The third-order valence-electron chi connectivity index (χ3n) is 4.02. The molecule has 1 atom stereocenters. The molecule has 0 aliphatic carbocycles. The molecule has 1 aliphatic heterocycles. The first-order valence-electron chi connectivity index (χ1n) is 7.64. The van der Waals surface area contributed by atoms with E-state index in [9.17, 15) is 18.4 Å². The predicted molar refractivity (Wildman–Crippen MR) is 87.9 cm³/mol. The summed E-state index contributed by atoms with van der Waals surface area (Å²) >= 11 is 1.35. The van der Waals surface area contributed by atoms with Crippen LogP contribution in [0.25, 0.3) is 0 Å². The van der Waals surface area contributed by atoms with Crippen molar-refractivity contribution in [1.82, 2.24) is 4.90 Å². The van der Waals surface area contributed by atoms with E-state index in [-0.39, 0.29) is 12.5 Å². The first-order chi connectivity index (χ1) is 11.6. The van der Waals surface area contributed by atoms with Crippen molar-refractivity contribution < 1.29 is 18.4 Å². The molecule has 24 heavy (non-hydrogen) atoms. The number of nitrogens with zero attached hydrogens (tertiary/aromatic N) is 1. The number of nitrogens with one attached hydrogen (secondary N) is 1. The Morgan fingerprint density at radius 2 is 1.92 bits per heavy atom. The largest absolute Gasteiger partial charge is 0.337 e. The Balaban J connectivity index is 1.68. The van der Waals surface area contributed by atoms with Crippen LogP contribution in [0.3, 0.4) is 0 Å². The van der Waals surface area contributed by atoms with Gasteiger partial charge in [0.25, 0.3) is 5.91 Å². The van der Waals surface area contributed by atoms with Gasteiger partial charge in [-0.05, 0) is 36.4 Å². The summed E-state index contributed by atoms with van der Waals surface area (Å²) < 4.78 is 27.3. The van der Waals surface area contributed by atoms with E-state index in [0.29, 0.717) is 24.3 Å². The van der Waals surface area contributed by atoms with Gasteiger partial charge in [0.2, 0.25) is 5.91 Å². The number of likely N-dealkylation sites (tertiary alicyclic amines) is 1. The average molecular weight is 350 g/mol. The van der Waals surface area contributed by atoms with Crippen molar-refractivity contribution in [3.8, 4) is 0 Å². The minimum atomic E-state index is -0.814. The number of rotatable bonds is 3. The van der Waals surface area contributed by atoms with Gasteiger partial charge < -0.3 is 10.2 Å². The SMILES string of the molecule is O=C(Nc1c(F)cccc1F)C1CCCN(C(=O)c2cccs2)C1. The molecule has 0 bridgehead atoms. The molecule has 1 aromatic carbocycles. The zero-order valence-electron chi connectivity index (χ0n) is 12.8. The van der Waals surface area contributed by atoms with Crippen LogP contribution in [0.15, 0.2) is 35.7 Å². The summed E-state index contributed by atoms with van der Waals surface area (Å²) in [5.74, 6) is -2.69. The number of piperidine rings is 1. The smallest absolute Gasteiger partial charge is 0.263 e. The van der Waals surface area contributed by atoms with Crippen LogP contribution in [0, 0.1) is 17.6 Å². The average Bonchev–Trinajstić information content (AvgIpc) is 3.12. The topological polar surface area (TPSA) is 49.4 Å². The Bertz CT molecular complexity index is 729. The Labute approximate surface area is 142 Å². The first kappa shape index (κ1) is 16.6. The van der Waals surface area contributed by atoms with Crippen molar-refractivity contribution in [2.24, 2.45) is 5.92 Å². The molecule has 1 unspecified atom stereocenters. The van der Waals surface area contributed by atoms with Crippen LogP contribution in [-0.4, -0.2) is 29.8 Å². The van der Waals surface area contributed by atoms with Gasteiger partial charge in [-0.25, -0.2) is 8.78 Å². The lowest BCUT2D eigenvalue weighted by Crippen LogP contribution is -2.43. The summed E-state index contributed by atoms with van der Waals surface area (Å²) in [6.45, 7) is 0.827. The molecule has 126 valence electrons. The van der Waals surface area contributed by atoms with Crippen molar-refractivity contribution >= 4 is 28.8 Å². The van der Waals surface area contributed by atoms with E-state index in [1.165, 1.54) is 17.4 Å². The second kappa shape index (κ2) is 7.09. The van der Waals surface area contributed by atoms with Crippen LogP contribution in [-0.2, 0) is 4.79 Å². The lowest BCUT2D eigenvalue weighted by atomic mass is 9.96. The first-order valence-corrected chi connectivity index (χ1v) is 8.52. The fourth-order valence-corrected chi connectivity index (χ4v) is 3.46. The predicted octanol–water partition coefficient (Wildman–Crippen LogP) is 3.52. The monoisotopic (exact) mass is 350 g/mol. The maximum atomic E-state index is 13.7. The number of thiophene rings is 1. The molecule has 1 aliphatic rings. The zero-order valence-corrected chi connectivity index (χ0v) is 13.6. The third-order valence-corrected chi connectivity index (χ3v) is 4.88. The van der Waals surface area contributed by atoms with Crippen LogP contribution in [0.5, 0.6) is 0 Å². The highest BCUT2D eigenvalue weighted by molar-refractivity contribution is 7.12. The van der Waals surface area contributed by atoms with Gasteiger partial charge in [0.05, 0.1) is 10.8 Å². The van der Waals surface area contributed by atoms with E-state index in [0.717, 1.165) is 12.1 Å². The molecule has 1 N–H and O–H groups in total. The number of carbonyl (C=O) groups is 2. The van der Waals surface area contributed by atoms with Gasteiger partial charge in [0.15, 0.2) is 0 Å². The molecule has 2 heterocycles. The highest BCUT2D eigenvalue weighted by Crippen LogP contribution is 2.24. The van der Waals surface area contributed by atoms with E-state index in [2.05, 4.69) is 5.32 Å². The summed E-state index contributed by atoms with van der Waals surface area (Å²) in [5.41, 5.74) is -0.441. The molecule has 0 saturated carbocycles. The van der Waals surface area contributed by atoms with Gasteiger partial charge in [-0.15, -0.1) is 11.3 Å². The van der Waals surface area contributed by atoms with Crippen LogP contribution < -0.4 is 5.32 Å². The Morgan fingerprint density at radius 1 is 1.17 bits per heavy atom. The molecule has 7 heteroatoms. The third kappa shape index (κ3) is 3.46. The summed E-state index contributed by atoms with van der Waals surface area (Å²) in [7, 11) is 0. The number of hydrogen-bond acceptors (Lipinski definition) is 3. The van der Waals surface area contributed by atoms with Gasteiger partial charge in [-0.1, -0.05) is 12.1 Å². The Morgan fingerprint density at radius 3 is 2.58 bits per heavy atom. The second-order valence-corrected chi connectivity index (χ2v) is 6.60. The summed E-state index contributed by atoms with van der Waals surface area (Å²) in [6, 6.07) is 6.96. The standard InChI is InChI=1S/C17H16F2N2O2S/c18-12-5-1-6-13(19)15(12)20-16(22)11-4-2-8-21(10-11)17(23)14-7-3-9-24-14/h1,3,5-7,9,11H,2,4,8,10H2,(H,20,22). The quantitative estimate of drug-likeness (QED) is 0.921. The fourth-order valence-electron chi connectivity index (χ4n) is 2.77. The van der Waals surface area contributed by atoms with Crippen LogP contribution in [0.1, 0.15) is 22.5 Å². The van der Waals surface area contributed by atoms with Crippen LogP contribution in [0.2, 0.25) is 0 Å². The van der Waals surface area contributed by atoms with Gasteiger partial charge in [0, 0.05) is 13.1 Å². The number of hydrogen-bond donors (Lipinski definition) is 1. The van der Waals surface area contributed by atoms with Crippen molar-refractivity contribution in [2.45, 2.75) is 12.8 Å². The molecule has 0 radical (unpaired) electrons. The summed E-state index contributed by atoms with van der Waals surface area (Å²) in [4.78, 5) is 27.0. The van der Waals surface area contributed by atoms with Crippen molar-refractivity contribution in [2.75, 3.05) is 18.4 Å². The zero-order chi connectivity index (χ0) is 17.1. The lowest BCUT2D eigenvalue weighted by Gasteiger charge is -2.31. The number of amides is 2. The molecule has 4 nitrogen and oxygen atoms in total. The normalized spacial score (nSPS) is 17.6. The minimum Gasteiger partial charge on any atom is -0.337 e.